The maximum atomic E-state index is 12.3. The number of anilines is 1. The van der Waals surface area contributed by atoms with Crippen LogP contribution < -0.4 is 20.1 Å². The lowest BCUT2D eigenvalue weighted by Gasteiger charge is -2.31. The summed E-state index contributed by atoms with van der Waals surface area (Å²) in [4.78, 5) is 24.7. The van der Waals surface area contributed by atoms with E-state index in [1.165, 1.54) is 0 Å². The van der Waals surface area contributed by atoms with Gasteiger partial charge in [0.05, 0.1) is 25.5 Å². The van der Waals surface area contributed by atoms with Crippen molar-refractivity contribution in [3.63, 3.8) is 0 Å². The van der Waals surface area contributed by atoms with Gasteiger partial charge in [-0.2, -0.15) is 0 Å². The van der Waals surface area contributed by atoms with Crippen molar-refractivity contribution in [2.24, 2.45) is 0 Å². The molecule has 0 saturated carbocycles. The number of carboxylic acids is 1. The van der Waals surface area contributed by atoms with E-state index in [4.69, 9.17) is 4.74 Å². The Morgan fingerprint density at radius 3 is 2.22 bits per heavy atom. The SMILES string of the molecule is O=C(C[C@@H](C(=O)[O-])[NH+]1CCCCC1)Nc1ccc(Oc2ccccc2)cc1. The quantitative estimate of drug-likeness (QED) is 0.764. The molecule has 2 aromatic carbocycles. The van der Waals surface area contributed by atoms with Gasteiger partial charge in [0, 0.05) is 5.69 Å². The first kappa shape index (κ1) is 18.9. The van der Waals surface area contributed by atoms with Crippen molar-refractivity contribution in [2.75, 3.05) is 18.4 Å². The smallest absolute Gasteiger partial charge is 0.230 e. The van der Waals surface area contributed by atoms with Gasteiger partial charge in [0.15, 0.2) is 0 Å². The van der Waals surface area contributed by atoms with Gasteiger partial charge in [-0.3, -0.25) is 4.79 Å². The van der Waals surface area contributed by atoms with Gasteiger partial charge in [-0.15, -0.1) is 0 Å². The monoisotopic (exact) mass is 368 g/mol. The number of benzene rings is 2. The summed E-state index contributed by atoms with van der Waals surface area (Å²) >= 11 is 0. The number of amides is 1. The van der Waals surface area contributed by atoms with Gasteiger partial charge in [-0.1, -0.05) is 18.2 Å². The molecular weight excluding hydrogens is 344 g/mol. The number of carboxylic acid groups (broad SMARTS) is 1. The summed E-state index contributed by atoms with van der Waals surface area (Å²) in [5, 5.41) is 14.2. The van der Waals surface area contributed by atoms with Crippen molar-refractivity contribution in [1.29, 1.82) is 0 Å². The summed E-state index contributed by atoms with van der Waals surface area (Å²) in [6.07, 6.45) is 3.01. The summed E-state index contributed by atoms with van der Waals surface area (Å²) in [7, 11) is 0. The molecule has 0 aliphatic carbocycles. The highest BCUT2D eigenvalue weighted by Crippen LogP contribution is 2.22. The summed E-state index contributed by atoms with van der Waals surface area (Å²) in [5.41, 5.74) is 0.603. The highest BCUT2D eigenvalue weighted by molar-refractivity contribution is 5.93. The van der Waals surface area contributed by atoms with Crippen LogP contribution in [0.5, 0.6) is 11.5 Å². The summed E-state index contributed by atoms with van der Waals surface area (Å²) in [6.45, 7) is 1.55. The summed E-state index contributed by atoms with van der Waals surface area (Å²) < 4.78 is 5.71. The third-order valence-electron chi connectivity index (χ3n) is 4.78. The molecule has 0 unspecified atom stereocenters. The molecule has 142 valence electrons. The van der Waals surface area contributed by atoms with Gasteiger partial charge >= 0.3 is 0 Å². The molecule has 1 fully saturated rings. The minimum Gasteiger partial charge on any atom is -0.544 e. The largest absolute Gasteiger partial charge is 0.544 e. The van der Waals surface area contributed by atoms with Crippen molar-refractivity contribution in [3.8, 4) is 11.5 Å². The van der Waals surface area contributed by atoms with Gasteiger partial charge < -0.3 is 24.9 Å². The first-order valence-electron chi connectivity index (χ1n) is 9.30. The fourth-order valence-corrected chi connectivity index (χ4v) is 3.38. The third kappa shape index (κ3) is 5.56. The Balaban J connectivity index is 1.55. The Kier molecular flexibility index (Phi) is 6.44. The highest BCUT2D eigenvalue weighted by atomic mass is 16.5. The highest BCUT2D eigenvalue weighted by Gasteiger charge is 2.27. The van der Waals surface area contributed by atoms with Crippen LogP contribution in [0.2, 0.25) is 0 Å². The number of quaternary nitrogens is 1. The van der Waals surface area contributed by atoms with Crippen molar-refractivity contribution in [3.05, 3.63) is 54.6 Å². The number of para-hydroxylation sites is 1. The lowest BCUT2D eigenvalue weighted by molar-refractivity contribution is -0.922. The standard InChI is InChI=1S/C21H24N2O4/c24-20(15-19(21(25)26)23-13-5-2-6-14-23)22-16-9-11-18(12-10-16)27-17-7-3-1-4-8-17/h1,3-4,7-12,19H,2,5-6,13-15H2,(H,22,24)(H,25,26)/t19-/m0/s1. The number of aliphatic carboxylic acids is 1. The average molecular weight is 368 g/mol. The molecule has 0 bridgehead atoms. The van der Waals surface area contributed by atoms with E-state index >= 15 is 0 Å². The molecule has 2 aromatic rings. The lowest BCUT2D eigenvalue weighted by Crippen LogP contribution is -3.18. The zero-order valence-corrected chi connectivity index (χ0v) is 15.1. The fourth-order valence-electron chi connectivity index (χ4n) is 3.38. The normalized spacial score (nSPS) is 15.7. The number of nitrogens with one attached hydrogen (secondary N) is 2. The molecule has 2 N–H and O–H groups in total. The van der Waals surface area contributed by atoms with E-state index in [-0.39, 0.29) is 12.3 Å². The number of hydrogen-bond acceptors (Lipinski definition) is 4. The van der Waals surface area contributed by atoms with Gasteiger partial charge in [0.2, 0.25) is 5.91 Å². The maximum Gasteiger partial charge on any atom is 0.230 e. The minimum atomic E-state index is -1.16. The molecular formula is C21H24N2O4. The number of hydrogen-bond donors (Lipinski definition) is 2. The van der Waals surface area contributed by atoms with Crippen LogP contribution in [0, 0.1) is 0 Å². The predicted molar refractivity (Wildman–Crippen MR) is 99.5 cm³/mol. The van der Waals surface area contributed by atoms with Gasteiger partial charge in [-0.05, 0) is 55.7 Å². The van der Waals surface area contributed by atoms with Crippen LogP contribution in [-0.4, -0.2) is 31.0 Å². The van der Waals surface area contributed by atoms with Gasteiger partial charge in [0.1, 0.15) is 17.5 Å². The van der Waals surface area contributed by atoms with E-state index in [1.54, 1.807) is 24.3 Å². The second kappa shape index (κ2) is 9.19. The number of rotatable bonds is 7. The van der Waals surface area contributed by atoms with Crippen LogP contribution in [0.3, 0.4) is 0 Å². The maximum absolute atomic E-state index is 12.3. The first-order valence-corrected chi connectivity index (χ1v) is 9.30. The molecule has 1 heterocycles. The van der Waals surface area contributed by atoms with E-state index in [1.807, 2.05) is 30.3 Å². The average Bonchev–Trinajstić information content (AvgIpc) is 2.69. The Morgan fingerprint density at radius 2 is 1.59 bits per heavy atom. The summed E-state index contributed by atoms with van der Waals surface area (Å²) in [5.74, 6) is -0.0900. The molecule has 1 aliphatic rings. The van der Waals surface area contributed by atoms with Crippen LogP contribution >= 0.6 is 0 Å². The number of piperidine rings is 1. The molecule has 0 spiro atoms. The number of carbonyl (C=O) groups excluding carboxylic acids is 2. The predicted octanol–water partition coefficient (Wildman–Crippen LogP) is 0.995. The van der Waals surface area contributed by atoms with E-state index in [9.17, 15) is 14.7 Å². The van der Waals surface area contributed by atoms with E-state index < -0.39 is 12.0 Å². The molecule has 0 aromatic heterocycles. The fraction of sp³-hybridized carbons (Fsp3) is 0.333. The Labute approximate surface area is 158 Å². The third-order valence-corrected chi connectivity index (χ3v) is 4.78. The minimum absolute atomic E-state index is 0.0834. The molecule has 3 rings (SSSR count). The molecule has 6 nitrogen and oxygen atoms in total. The molecule has 0 radical (unpaired) electrons. The topological polar surface area (TPSA) is 82.9 Å². The molecule has 6 heteroatoms. The Morgan fingerprint density at radius 1 is 0.963 bits per heavy atom. The van der Waals surface area contributed by atoms with Crippen LogP contribution in [0.25, 0.3) is 0 Å². The van der Waals surface area contributed by atoms with E-state index in [0.717, 1.165) is 43.0 Å². The second-order valence-electron chi connectivity index (χ2n) is 6.78. The molecule has 1 atom stereocenters. The van der Waals surface area contributed by atoms with Crippen LogP contribution in [0.4, 0.5) is 5.69 Å². The van der Waals surface area contributed by atoms with Gasteiger partial charge in [-0.25, -0.2) is 0 Å². The number of carbonyl (C=O) groups is 2. The van der Waals surface area contributed by atoms with Crippen LogP contribution in [0.1, 0.15) is 25.7 Å². The first-order chi connectivity index (χ1) is 13.1. The van der Waals surface area contributed by atoms with Crippen molar-refractivity contribution < 1.29 is 24.3 Å². The van der Waals surface area contributed by atoms with E-state index in [2.05, 4.69) is 5.32 Å². The van der Waals surface area contributed by atoms with Crippen LogP contribution in [-0.2, 0) is 9.59 Å². The summed E-state index contributed by atoms with van der Waals surface area (Å²) in [6, 6.07) is 15.6. The molecule has 27 heavy (non-hydrogen) atoms. The lowest BCUT2D eigenvalue weighted by atomic mass is 10.1. The number of ether oxygens (including phenoxy) is 1. The van der Waals surface area contributed by atoms with Gasteiger partial charge in [0.25, 0.3) is 0 Å². The molecule has 1 aliphatic heterocycles. The Hall–Kier alpha value is -2.86. The van der Waals surface area contributed by atoms with E-state index in [0.29, 0.717) is 11.4 Å². The number of likely N-dealkylation sites (tertiary alicyclic amines) is 1. The van der Waals surface area contributed by atoms with Crippen LogP contribution in [0.15, 0.2) is 54.6 Å². The zero-order valence-electron chi connectivity index (χ0n) is 15.1. The second-order valence-corrected chi connectivity index (χ2v) is 6.78. The Bertz CT molecular complexity index is 756. The molecule has 1 amide bonds. The molecule has 1 saturated heterocycles. The van der Waals surface area contributed by atoms with Crippen molar-refractivity contribution in [1.82, 2.24) is 0 Å². The van der Waals surface area contributed by atoms with Crippen molar-refractivity contribution in [2.45, 2.75) is 31.7 Å². The zero-order chi connectivity index (χ0) is 19.1. The van der Waals surface area contributed by atoms with Crippen molar-refractivity contribution >= 4 is 17.6 Å².